The van der Waals surface area contributed by atoms with Crippen LogP contribution in [0.2, 0.25) is 18.1 Å². The largest absolute Gasteiger partial charge is 0.416 e. The molecule has 8 heteroatoms. The van der Waals surface area contributed by atoms with Gasteiger partial charge < -0.3 is 4.43 Å². The van der Waals surface area contributed by atoms with Crippen molar-refractivity contribution in [1.82, 2.24) is 9.88 Å². The molecule has 41 heavy (non-hydrogen) atoms. The molecule has 2 amide bonds. The number of thioether (sulfide) groups is 1. The van der Waals surface area contributed by atoms with Crippen molar-refractivity contribution in [3.63, 3.8) is 0 Å². The van der Waals surface area contributed by atoms with Crippen molar-refractivity contribution in [3.8, 4) is 11.1 Å². The molecule has 0 saturated heterocycles. The van der Waals surface area contributed by atoms with E-state index in [4.69, 9.17) is 9.41 Å². The van der Waals surface area contributed by atoms with E-state index < -0.39 is 8.32 Å². The lowest BCUT2D eigenvalue weighted by molar-refractivity contribution is 0.0656. The van der Waals surface area contributed by atoms with Crippen molar-refractivity contribution in [2.75, 3.05) is 18.9 Å². The van der Waals surface area contributed by atoms with Crippen LogP contribution >= 0.6 is 11.8 Å². The Balaban J connectivity index is 1.51. The van der Waals surface area contributed by atoms with Crippen LogP contribution in [0.25, 0.3) is 22.0 Å². The highest BCUT2D eigenvalue weighted by atomic mass is 32.2. The average Bonchev–Trinajstić information content (AvgIpc) is 3.18. The van der Waals surface area contributed by atoms with E-state index in [1.54, 1.807) is 48.2 Å². The van der Waals surface area contributed by atoms with E-state index in [2.05, 4.69) is 33.9 Å². The van der Waals surface area contributed by atoms with Gasteiger partial charge in [-0.15, -0.1) is 11.8 Å². The number of carbonyl (C=O) groups excluding carboxylic acids is 2. The highest BCUT2D eigenvalue weighted by molar-refractivity contribution is 7.99. The number of aromatic nitrogens is 1. The number of halogens is 1. The van der Waals surface area contributed by atoms with E-state index >= 15 is 0 Å². The second-order valence-electron chi connectivity index (χ2n) is 11.8. The molecule has 0 saturated carbocycles. The van der Waals surface area contributed by atoms with Crippen LogP contribution in [0, 0.1) is 5.82 Å². The molecule has 0 unspecified atom stereocenters. The molecular weight excluding hydrogens is 552 g/mol. The SMILES string of the molecule is CC(C)(C)[Si](C)(C)OCCSc1c(-c2ccccc2)c(CCN2C(=O)c3ccccc3C2=O)nc2ccc(F)cc12. The number of benzene rings is 3. The van der Waals surface area contributed by atoms with Crippen molar-refractivity contribution in [3.05, 3.63) is 95.4 Å². The van der Waals surface area contributed by atoms with Gasteiger partial charge in [-0.3, -0.25) is 19.5 Å². The fourth-order valence-electron chi connectivity index (χ4n) is 4.80. The number of pyridine rings is 1. The van der Waals surface area contributed by atoms with Crippen LogP contribution in [-0.2, 0) is 10.8 Å². The lowest BCUT2D eigenvalue weighted by atomic mass is 9.99. The van der Waals surface area contributed by atoms with E-state index in [0.29, 0.717) is 35.4 Å². The number of carbonyl (C=O) groups is 2. The molecule has 2 heterocycles. The van der Waals surface area contributed by atoms with Gasteiger partial charge in [-0.25, -0.2) is 4.39 Å². The van der Waals surface area contributed by atoms with Gasteiger partial charge in [-0.1, -0.05) is 63.2 Å². The standard InChI is InChI=1S/C33H35FN2O3SSi/c1-33(2,3)41(4,5)39-19-20-40-30-26-21-23(34)15-16-27(26)35-28(29(30)22-11-7-6-8-12-22)17-18-36-31(37)24-13-9-10-14-25(24)32(36)38/h6-16,21H,17-20H2,1-5H3. The Morgan fingerprint density at radius 1 is 0.927 bits per heavy atom. The second-order valence-corrected chi connectivity index (χ2v) is 17.7. The molecule has 4 aromatic rings. The number of hydrogen-bond donors (Lipinski definition) is 0. The molecule has 0 spiro atoms. The molecule has 212 valence electrons. The molecule has 0 radical (unpaired) electrons. The predicted octanol–water partition coefficient (Wildman–Crippen LogP) is 7.99. The van der Waals surface area contributed by atoms with Crippen LogP contribution in [0.4, 0.5) is 4.39 Å². The molecule has 5 nitrogen and oxygen atoms in total. The molecule has 0 bridgehead atoms. The molecule has 1 aliphatic rings. The van der Waals surface area contributed by atoms with Gasteiger partial charge in [0.05, 0.1) is 22.3 Å². The predicted molar refractivity (Wildman–Crippen MR) is 167 cm³/mol. The minimum atomic E-state index is -1.92. The highest BCUT2D eigenvalue weighted by Crippen LogP contribution is 2.41. The summed E-state index contributed by atoms with van der Waals surface area (Å²) < 4.78 is 21.0. The van der Waals surface area contributed by atoms with Gasteiger partial charge >= 0.3 is 0 Å². The summed E-state index contributed by atoms with van der Waals surface area (Å²) in [6.07, 6.45) is 0.372. The molecule has 0 aliphatic carbocycles. The Morgan fingerprint density at radius 2 is 1.56 bits per heavy atom. The van der Waals surface area contributed by atoms with Crippen LogP contribution in [-0.4, -0.2) is 48.9 Å². The number of amides is 2. The average molecular weight is 587 g/mol. The summed E-state index contributed by atoms with van der Waals surface area (Å²) in [6.45, 7) is 11.9. The van der Waals surface area contributed by atoms with Gasteiger partial charge in [0.15, 0.2) is 8.32 Å². The Kier molecular flexibility index (Phi) is 8.19. The molecular formula is C33H35FN2O3SSi. The Labute approximate surface area is 246 Å². The third-order valence-corrected chi connectivity index (χ3v) is 13.7. The zero-order valence-electron chi connectivity index (χ0n) is 24.2. The zero-order valence-corrected chi connectivity index (χ0v) is 26.0. The van der Waals surface area contributed by atoms with Gasteiger partial charge in [-0.05, 0) is 54.0 Å². The fraction of sp³-hybridized carbons (Fsp3) is 0.303. The van der Waals surface area contributed by atoms with E-state index in [9.17, 15) is 14.0 Å². The van der Waals surface area contributed by atoms with Crippen molar-refractivity contribution in [1.29, 1.82) is 0 Å². The zero-order chi connectivity index (χ0) is 29.4. The molecule has 0 fully saturated rings. The van der Waals surface area contributed by atoms with Gasteiger partial charge in [0.1, 0.15) is 5.82 Å². The third-order valence-electron chi connectivity index (χ3n) is 8.09. The van der Waals surface area contributed by atoms with E-state index in [-0.39, 0.29) is 29.2 Å². The fourth-order valence-corrected chi connectivity index (χ4v) is 7.07. The highest BCUT2D eigenvalue weighted by Gasteiger charge is 2.37. The summed E-state index contributed by atoms with van der Waals surface area (Å²) in [5.41, 5.74) is 4.16. The minimum absolute atomic E-state index is 0.108. The van der Waals surface area contributed by atoms with Crippen molar-refractivity contribution >= 4 is 42.8 Å². The van der Waals surface area contributed by atoms with Crippen LogP contribution in [0.3, 0.4) is 0 Å². The number of imide groups is 1. The van der Waals surface area contributed by atoms with Crippen LogP contribution in [0.1, 0.15) is 47.2 Å². The Hall–Kier alpha value is -3.33. The first-order valence-corrected chi connectivity index (χ1v) is 17.8. The summed E-state index contributed by atoms with van der Waals surface area (Å²) in [5.74, 6) is -0.199. The summed E-state index contributed by atoms with van der Waals surface area (Å²) in [4.78, 5) is 33.3. The summed E-state index contributed by atoms with van der Waals surface area (Å²) >= 11 is 1.64. The van der Waals surface area contributed by atoms with Crippen LogP contribution in [0.5, 0.6) is 0 Å². The van der Waals surface area contributed by atoms with Crippen LogP contribution in [0.15, 0.2) is 77.7 Å². The summed E-state index contributed by atoms with van der Waals surface area (Å²) in [5, 5.41) is 0.849. The number of nitrogens with zero attached hydrogens (tertiary/aromatic N) is 2. The van der Waals surface area contributed by atoms with Crippen molar-refractivity contribution in [2.45, 2.75) is 50.2 Å². The second kappa shape index (κ2) is 11.5. The quantitative estimate of drug-likeness (QED) is 0.0861. The lowest BCUT2D eigenvalue weighted by Crippen LogP contribution is -2.41. The summed E-state index contributed by atoms with van der Waals surface area (Å²) in [7, 11) is -1.92. The number of fused-ring (bicyclic) bond motifs is 2. The maximum atomic E-state index is 14.6. The Bertz CT molecular complexity index is 1580. The lowest BCUT2D eigenvalue weighted by Gasteiger charge is -2.36. The van der Waals surface area contributed by atoms with E-state index in [0.717, 1.165) is 27.1 Å². The molecule has 3 aromatic carbocycles. The van der Waals surface area contributed by atoms with Gasteiger partial charge in [-0.2, -0.15) is 0 Å². The maximum absolute atomic E-state index is 14.6. The first kappa shape index (κ1) is 29.2. The molecule has 1 aliphatic heterocycles. The van der Waals surface area contributed by atoms with Gasteiger partial charge in [0.25, 0.3) is 11.8 Å². The maximum Gasteiger partial charge on any atom is 0.261 e. The first-order valence-electron chi connectivity index (χ1n) is 13.9. The number of rotatable bonds is 9. The van der Waals surface area contributed by atoms with Crippen LogP contribution < -0.4 is 0 Å². The van der Waals surface area contributed by atoms with Gasteiger partial charge in [0, 0.05) is 41.2 Å². The van der Waals surface area contributed by atoms with Crippen molar-refractivity contribution < 1.29 is 18.4 Å². The molecule has 5 rings (SSSR count). The first-order chi connectivity index (χ1) is 19.5. The normalized spacial score (nSPS) is 13.8. The minimum Gasteiger partial charge on any atom is -0.416 e. The van der Waals surface area contributed by atoms with Crippen molar-refractivity contribution in [2.24, 2.45) is 0 Å². The topological polar surface area (TPSA) is 59.5 Å². The van der Waals surface area contributed by atoms with Gasteiger partial charge in [0.2, 0.25) is 0 Å². The molecule has 0 atom stereocenters. The molecule has 1 aromatic heterocycles. The van der Waals surface area contributed by atoms with E-state index in [1.807, 2.05) is 30.3 Å². The Morgan fingerprint density at radius 3 is 2.20 bits per heavy atom. The summed E-state index contributed by atoms with van der Waals surface area (Å²) in [6, 6.07) is 21.5. The third kappa shape index (κ3) is 5.87. The number of hydrogen-bond acceptors (Lipinski definition) is 5. The monoisotopic (exact) mass is 586 g/mol. The molecule has 0 N–H and O–H groups in total. The van der Waals surface area contributed by atoms with E-state index in [1.165, 1.54) is 11.0 Å². The smallest absolute Gasteiger partial charge is 0.261 e.